The normalized spacial score (nSPS) is 17.5. The number of carbonyl (C=O) groups excluding carboxylic acids is 1. The summed E-state index contributed by atoms with van der Waals surface area (Å²) in [6.45, 7) is 0.895. The minimum absolute atomic E-state index is 0.123. The van der Waals surface area contributed by atoms with Gasteiger partial charge < -0.3 is 14.6 Å². The lowest BCUT2D eigenvalue weighted by Gasteiger charge is -2.01. The zero-order valence-electron chi connectivity index (χ0n) is 13.2. The summed E-state index contributed by atoms with van der Waals surface area (Å²) in [5, 5.41) is 11.8. The van der Waals surface area contributed by atoms with Gasteiger partial charge in [-0.05, 0) is 18.9 Å². The van der Waals surface area contributed by atoms with Gasteiger partial charge in [0, 0.05) is 19.0 Å². The van der Waals surface area contributed by atoms with Gasteiger partial charge in [0.05, 0.1) is 12.1 Å². The maximum absolute atomic E-state index is 12.4. The quantitative estimate of drug-likeness (QED) is 0.784. The van der Waals surface area contributed by atoms with Crippen LogP contribution in [0.4, 0.5) is 0 Å². The van der Waals surface area contributed by atoms with E-state index in [1.54, 1.807) is 4.68 Å². The Morgan fingerprint density at radius 1 is 1.42 bits per heavy atom. The predicted molar refractivity (Wildman–Crippen MR) is 84.1 cm³/mol. The lowest BCUT2D eigenvalue weighted by Crippen LogP contribution is -2.24. The van der Waals surface area contributed by atoms with Gasteiger partial charge in [-0.3, -0.25) is 9.48 Å². The maximum Gasteiger partial charge on any atom is 0.272 e. The molecule has 124 valence electrons. The van der Waals surface area contributed by atoms with Gasteiger partial charge in [0.15, 0.2) is 11.5 Å². The first-order valence-corrected chi connectivity index (χ1v) is 7.86. The van der Waals surface area contributed by atoms with Crippen LogP contribution in [0.25, 0.3) is 10.9 Å². The fraction of sp³-hybridized carbons (Fsp3) is 0.375. The Morgan fingerprint density at radius 2 is 2.29 bits per heavy atom. The lowest BCUT2D eigenvalue weighted by molar-refractivity contribution is 0.0835. The molecule has 0 radical (unpaired) electrons. The molecule has 4 rings (SSSR count). The van der Waals surface area contributed by atoms with Gasteiger partial charge in [-0.25, -0.2) is 0 Å². The molecular weight excluding hydrogens is 310 g/mol. The number of aryl methyl sites for hydroxylation is 1. The second-order valence-corrected chi connectivity index (χ2v) is 5.72. The molecule has 1 aliphatic heterocycles. The van der Waals surface area contributed by atoms with E-state index in [4.69, 9.17) is 9.26 Å². The number of carbonyl (C=O) groups is 1. The second-order valence-electron chi connectivity index (χ2n) is 5.72. The smallest absolute Gasteiger partial charge is 0.272 e. The third-order valence-corrected chi connectivity index (χ3v) is 4.07. The van der Waals surface area contributed by atoms with E-state index in [1.807, 2.05) is 31.3 Å². The van der Waals surface area contributed by atoms with Crippen LogP contribution in [0.5, 0.6) is 0 Å². The van der Waals surface area contributed by atoms with E-state index < -0.39 is 0 Å². The van der Waals surface area contributed by atoms with E-state index in [0.717, 1.165) is 23.7 Å². The Hall–Kier alpha value is -2.74. The van der Waals surface area contributed by atoms with Crippen LogP contribution in [-0.4, -0.2) is 32.4 Å². The number of rotatable bonds is 4. The number of hydrogen-bond acceptors (Lipinski definition) is 6. The van der Waals surface area contributed by atoms with Crippen molar-refractivity contribution in [3.63, 3.8) is 0 Å². The van der Waals surface area contributed by atoms with E-state index in [-0.39, 0.29) is 18.6 Å². The molecule has 0 unspecified atom stereocenters. The van der Waals surface area contributed by atoms with Gasteiger partial charge in [0.1, 0.15) is 6.10 Å². The first kappa shape index (κ1) is 14.8. The molecule has 0 aliphatic carbocycles. The largest absolute Gasteiger partial charge is 0.368 e. The Kier molecular flexibility index (Phi) is 3.73. The number of benzene rings is 1. The number of aromatic nitrogens is 4. The van der Waals surface area contributed by atoms with E-state index >= 15 is 0 Å². The number of amides is 1. The summed E-state index contributed by atoms with van der Waals surface area (Å²) in [6.07, 6.45) is 1.75. The second kappa shape index (κ2) is 6.04. The van der Waals surface area contributed by atoms with Crippen LogP contribution in [0.15, 0.2) is 28.8 Å². The number of nitrogens with one attached hydrogen (secondary N) is 1. The summed E-state index contributed by atoms with van der Waals surface area (Å²) in [4.78, 5) is 16.7. The molecule has 8 heteroatoms. The molecule has 8 nitrogen and oxygen atoms in total. The molecule has 0 bridgehead atoms. The summed E-state index contributed by atoms with van der Waals surface area (Å²) in [5.74, 6) is 0.629. The van der Waals surface area contributed by atoms with Crippen LogP contribution < -0.4 is 5.32 Å². The Labute approximate surface area is 137 Å². The van der Waals surface area contributed by atoms with Crippen molar-refractivity contribution >= 4 is 16.8 Å². The number of hydrogen-bond donors (Lipinski definition) is 1. The summed E-state index contributed by atoms with van der Waals surface area (Å²) >= 11 is 0. The number of fused-ring (bicyclic) bond motifs is 1. The molecule has 24 heavy (non-hydrogen) atoms. The van der Waals surface area contributed by atoms with Gasteiger partial charge in [-0.2, -0.15) is 10.1 Å². The third kappa shape index (κ3) is 2.65. The number of nitrogens with zero attached hydrogens (tertiary/aromatic N) is 4. The van der Waals surface area contributed by atoms with Crippen LogP contribution in [0, 0.1) is 0 Å². The van der Waals surface area contributed by atoms with Gasteiger partial charge >= 0.3 is 0 Å². The molecule has 1 aromatic carbocycles. The van der Waals surface area contributed by atoms with Crippen molar-refractivity contribution in [2.24, 2.45) is 7.05 Å². The fourth-order valence-electron chi connectivity index (χ4n) is 2.87. The molecule has 3 heterocycles. The van der Waals surface area contributed by atoms with Crippen LogP contribution in [0.1, 0.15) is 41.1 Å². The molecule has 0 saturated carbocycles. The molecule has 2 aromatic heterocycles. The topological polar surface area (TPSA) is 95.1 Å². The molecule has 1 aliphatic rings. The van der Waals surface area contributed by atoms with E-state index in [2.05, 4.69) is 20.6 Å². The summed E-state index contributed by atoms with van der Waals surface area (Å²) < 4.78 is 12.4. The van der Waals surface area contributed by atoms with Gasteiger partial charge in [-0.1, -0.05) is 23.4 Å². The zero-order valence-corrected chi connectivity index (χ0v) is 13.2. The highest BCUT2D eigenvalue weighted by molar-refractivity contribution is 6.04. The van der Waals surface area contributed by atoms with Gasteiger partial charge in [0.25, 0.3) is 11.8 Å². The summed E-state index contributed by atoms with van der Waals surface area (Å²) in [7, 11) is 1.81. The highest BCUT2D eigenvalue weighted by Crippen LogP contribution is 2.26. The standard InChI is InChI=1S/C16H17N5O3/c1-21-11-6-3-2-5-10(11)14(19-21)15(22)17-9-13-18-16(24-20-13)12-7-4-8-23-12/h2-3,5-6,12H,4,7-9H2,1H3,(H,17,22)/t12-/m0/s1. The molecule has 1 amide bonds. The monoisotopic (exact) mass is 327 g/mol. The van der Waals surface area contributed by atoms with Crippen molar-refractivity contribution in [1.29, 1.82) is 0 Å². The van der Waals surface area contributed by atoms with Crippen molar-refractivity contribution < 1.29 is 14.1 Å². The van der Waals surface area contributed by atoms with Crippen molar-refractivity contribution in [3.05, 3.63) is 41.7 Å². The minimum atomic E-state index is -0.268. The summed E-state index contributed by atoms with van der Waals surface area (Å²) in [5.41, 5.74) is 1.29. The fourth-order valence-corrected chi connectivity index (χ4v) is 2.87. The Morgan fingerprint density at radius 3 is 3.12 bits per heavy atom. The molecule has 1 N–H and O–H groups in total. The average molecular weight is 327 g/mol. The van der Waals surface area contributed by atoms with Crippen LogP contribution in [-0.2, 0) is 18.3 Å². The molecule has 1 fully saturated rings. The highest BCUT2D eigenvalue weighted by Gasteiger charge is 2.24. The van der Waals surface area contributed by atoms with Crippen molar-refractivity contribution in [2.45, 2.75) is 25.5 Å². The first-order chi connectivity index (χ1) is 11.7. The minimum Gasteiger partial charge on any atom is -0.368 e. The first-order valence-electron chi connectivity index (χ1n) is 7.86. The Balaban J connectivity index is 1.46. The maximum atomic E-state index is 12.4. The van der Waals surface area contributed by atoms with Crippen LogP contribution in [0.3, 0.4) is 0 Å². The third-order valence-electron chi connectivity index (χ3n) is 4.07. The van der Waals surface area contributed by atoms with Crippen LogP contribution >= 0.6 is 0 Å². The average Bonchev–Trinajstić information content (AvgIpc) is 3.33. The number of ether oxygens (including phenoxy) is 1. The Bertz CT molecular complexity index is 879. The van der Waals surface area contributed by atoms with E-state index in [9.17, 15) is 4.79 Å². The van der Waals surface area contributed by atoms with Gasteiger partial charge in [-0.15, -0.1) is 0 Å². The van der Waals surface area contributed by atoms with Crippen molar-refractivity contribution in [1.82, 2.24) is 25.2 Å². The molecule has 1 saturated heterocycles. The molecule has 1 atom stereocenters. The molecule has 3 aromatic rings. The molecule has 0 spiro atoms. The SMILES string of the molecule is Cn1nc(C(=O)NCc2noc([C@@H]3CCCO3)n2)c2ccccc21. The summed E-state index contributed by atoms with van der Waals surface area (Å²) in [6, 6.07) is 7.60. The van der Waals surface area contributed by atoms with Crippen LogP contribution in [0.2, 0.25) is 0 Å². The van der Waals surface area contributed by atoms with E-state index in [1.165, 1.54) is 0 Å². The lowest BCUT2D eigenvalue weighted by atomic mass is 10.2. The zero-order chi connectivity index (χ0) is 16.5. The molecular formula is C16H17N5O3. The highest BCUT2D eigenvalue weighted by atomic mass is 16.5. The van der Waals surface area contributed by atoms with E-state index in [0.29, 0.717) is 24.0 Å². The van der Waals surface area contributed by atoms with Crippen molar-refractivity contribution in [2.75, 3.05) is 6.61 Å². The van der Waals surface area contributed by atoms with Crippen molar-refractivity contribution in [3.8, 4) is 0 Å². The predicted octanol–water partition coefficient (Wildman–Crippen LogP) is 1.74. The van der Waals surface area contributed by atoms with Gasteiger partial charge in [0.2, 0.25) is 0 Å². The number of para-hydroxylation sites is 1.